The number of aromatic nitrogens is 1. The van der Waals surface area contributed by atoms with Crippen LogP contribution in [0.15, 0.2) is 28.8 Å². The van der Waals surface area contributed by atoms with E-state index in [1.807, 2.05) is 0 Å². The van der Waals surface area contributed by atoms with Crippen molar-refractivity contribution >= 4 is 17.5 Å². The van der Waals surface area contributed by atoms with Crippen LogP contribution in [-0.2, 0) is 10.9 Å². The van der Waals surface area contributed by atoms with Gasteiger partial charge in [0.2, 0.25) is 0 Å². The molecule has 3 rings (SSSR count). The molecular weight excluding hydrogens is 349 g/mol. The quantitative estimate of drug-likeness (QED) is 0.909. The fourth-order valence-corrected chi connectivity index (χ4v) is 2.58. The first-order valence-electron chi connectivity index (χ1n) is 7.07. The summed E-state index contributed by atoms with van der Waals surface area (Å²) in [4.78, 5) is 12.1. The third kappa shape index (κ3) is 3.39. The fraction of sp³-hybridized carbons (Fsp3) is 0.333. The second-order valence-electron chi connectivity index (χ2n) is 5.28. The summed E-state index contributed by atoms with van der Waals surface area (Å²) in [6.07, 6.45) is -3.74. The molecule has 1 fully saturated rings. The molecule has 1 aromatic heterocycles. The maximum Gasteiger partial charge on any atom is 0.416 e. The van der Waals surface area contributed by atoms with E-state index in [0.717, 1.165) is 12.1 Å². The summed E-state index contributed by atoms with van der Waals surface area (Å²) < 4.78 is 47.9. The molecule has 1 aliphatic heterocycles. The van der Waals surface area contributed by atoms with Crippen molar-refractivity contribution in [2.24, 2.45) is 0 Å². The van der Waals surface area contributed by atoms with Crippen LogP contribution in [0.1, 0.15) is 22.5 Å². The Labute approximate surface area is 139 Å². The number of nitrogens with zero attached hydrogens (tertiary/aromatic N) is 1. The Hall–Kier alpha value is -2.06. The second-order valence-corrected chi connectivity index (χ2v) is 5.66. The van der Waals surface area contributed by atoms with Crippen molar-refractivity contribution in [1.82, 2.24) is 10.5 Å². The van der Waals surface area contributed by atoms with Crippen molar-refractivity contribution in [3.63, 3.8) is 0 Å². The van der Waals surface area contributed by atoms with Gasteiger partial charge in [0, 0.05) is 12.2 Å². The molecule has 0 saturated carbocycles. The van der Waals surface area contributed by atoms with E-state index in [0.29, 0.717) is 25.2 Å². The molecule has 24 heavy (non-hydrogen) atoms. The molecule has 1 aromatic carbocycles. The van der Waals surface area contributed by atoms with Crippen LogP contribution in [0, 0.1) is 0 Å². The minimum atomic E-state index is -4.43. The summed E-state index contributed by atoms with van der Waals surface area (Å²) in [5.74, 6) is -0.476. The van der Waals surface area contributed by atoms with Gasteiger partial charge in [-0.3, -0.25) is 4.79 Å². The number of benzene rings is 1. The summed E-state index contributed by atoms with van der Waals surface area (Å²) in [7, 11) is 0. The summed E-state index contributed by atoms with van der Waals surface area (Å²) in [5.41, 5.74) is -0.608. The van der Waals surface area contributed by atoms with Gasteiger partial charge in [-0.25, -0.2) is 0 Å². The monoisotopic (exact) mass is 360 g/mol. The van der Waals surface area contributed by atoms with Gasteiger partial charge in [-0.2, -0.15) is 13.2 Å². The molecule has 0 aliphatic carbocycles. The van der Waals surface area contributed by atoms with Crippen LogP contribution < -0.4 is 5.32 Å². The Bertz CT molecular complexity index is 737. The van der Waals surface area contributed by atoms with Gasteiger partial charge in [0.25, 0.3) is 5.91 Å². The van der Waals surface area contributed by atoms with Crippen molar-refractivity contribution in [1.29, 1.82) is 0 Å². The lowest BCUT2D eigenvalue weighted by Crippen LogP contribution is -2.35. The zero-order valence-electron chi connectivity index (χ0n) is 12.2. The lowest BCUT2D eigenvalue weighted by molar-refractivity contribution is -0.137. The zero-order valence-corrected chi connectivity index (χ0v) is 12.9. The summed E-state index contributed by atoms with van der Waals surface area (Å²) in [5, 5.41) is 6.28. The molecular formula is C15H12ClF3N2O3. The molecule has 1 N–H and O–H groups in total. The largest absolute Gasteiger partial charge is 0.416 e. The van der Waals surface area contributed by atoms with E-state index in [4.69, 9.17) is 20.9 Å². The van der Waals surface area contributed by atoms with E-state index in [1.54, 1.807) is 0 Å². The number of ether oxygens (including phenoxy) is 1. The molecule has 0 spiro atoms. The molecule has 1 aliphatic rings. The molecule has 2 aromatic rings. The highest BCUT2D eigenvalue weighted by Gasteiger charge is 2.31. The van der Waals surface area contributed by atoms with Crippen molar-refractivity contribution in [2.75, 3.05) is 13.2 Å². The highest BCUT2D eigenvalue weighted by molar-refractivity contribution is 6.35. The van der Waals surface area contributed by atoms with Crippen molar-refractivity contribution < 1.29 is 27.2 Å². The van der Waals surface area contributed by atoms with Crippen molar-refractivity contribution in [3.05, 3.63) is 40.5 Å². The average molecular weight is 361 g/mol. The Morgan fingerprint density at radius 3 is 2.58 bits per heavy atom. The molecule has 0 radical (unpaired) electrons. The molecule has 0 bridgehead atoms. The number of halogens is 4. The van der Waals surface area contributed by atoms with Gasteiger partial charge in [-0.1, -0.05) is 28.9 Å². The molecule has 1 saturated heterocycles. The smallest absolute Gasteiger partial charge is 0.379 e. The van der Waals surface area contributed by atoms with E-state index in [2.05, 4.69) is 10.5 Å². The number of hydrogen-bond acceptors (Lipinski definition) is 4. The van der Waals surface area contributed by atoms with Crippen LogP contribution in [0.3, 0.4) is 0 Å². The van der Waals surface area contributed by atoms with Gasteiger partial charge < -0.3 is 14.6 Å². The third-order valence-electron chi connectivity index (χ3n) is 3.59. The Kier molecular flexibility index (Phi) is 4.51. The van der Waals surface area contributed by atoms with Gasteiger partial charge in [0.05, 0.1) is 18.2 Å². The van der Waals surface area contributed by atoms with E-state index in [1.165, 1.54) is 12.1 Å². The number of nitrogens with one attached hydrogen (secondary N) is 1. The van der Waals surface area contributed by atoms with E-state index < -0.39 is 17.6 Å². The first-order valence-corrected chi connectivity index (χ1v) is 7.45. The van der Waals surface area contributed by atoms with Crippen LogP contribution in [0.2, 0.25) is 5.02 Å². The van der Waals surface area contributed by atoms with E-state index in [-0.39, 0.29) is 22.5 Å². The minimum absolute atomic E-state index is 0.0400. The van der Waals surface area contributed by atoms with Crippen LogP contribution in [-0.4, -0.2) is 30.3 Å². The minimum Gasteiger partial charge on any atom is -0.379 e. The summed E-state index contributed by atoms with van der Waals surface area (Å²) in [6.45, 7) is 0.973. The summed E-state index contributed by atoms with van der Waals surface area (Å²) in [6, 6.07) is 4.11. The molecule has 128 valence electrons. The first kappa shape index (κ1) is 16.8. The molecule has 1 atom stereocenters. The predicted molar refractivity (Wildman–Crippen MR) is 78.6 cm³/mol. The number of amides is 1. The normalized spacial score (nSPS) is 17.9. The van der Waals surface area contributed by atoms with E-state index in [9.17, 15) is 18.0 Å². The molecule has 1 amide bonds. The second kappa shape index (κ2) is 6.45. The lowest BCUT2D eigenvalue weighted by atomic mass is 10.1. The Balaban J connectivity index is 1.80. The maximum atomic E-state index is 12.6. The molecule has 2 heterocycles. The van der Waals surface area contributed by atoms with Gasteiger partial charge in [-0.05, 0) is 18.6 Å². The number of carbonyl (C=O) groups is 1. The van der Waals surface area contributed by atoms with E-state index >= 15 is 0 Å². The third-order valence-corrected chi connectivity index (χ3v) is 3.94. The standard InChI is InChI=1S/C15H12ClF3N2O3/c16-11-12(14(22)20-10-5-6-23-7-10)21-24-13(11)8-1-3-9(4-2-8)15(17,18)19/h1-4,10H,5-7H2,(H,20,22). The van der Waals surface area contributed by atoms with Crippen LogP contribution in [0.4, 0.5) is 13.2 Å². The lowest BCUT2D eigenvalue weighted by Gasteiger charge is -2.08. The SMILES string of the molecule is O=C(NC1CCOC1)c1noc(-c2ccc(C(F)(F)F)cc2)c1Cl. The molecule has 1 unspecified atom stereocenters. The van der Waals surface area contributed by atoms with Gasteiger partial charge in [0.15, 0.2) is 11.5 Å². The van der Waals surface area contributed by atoms with Crippen LogP contribution >= 0.6 is 11.6 Å². The zero-order chi connectivity index (χ0) is 17.3. The van der Waals surface area contributed by atoms with Gasteiger partial charge in [-0.15, -0.1) is 0 Å². The molecule has 5 nitrogen and oxygen atoms in total. The van der Waals surface area contributed by atoms with Crippen LogP contribution in [0.5, 0.6) is 0 Å². The number of hydrogen-bond donors (Lipinski definition) is 1. The number of alkyl halides is 3. The Morgan fingerprint density at radius 2 is 2.00 bits per heavy atom. The highest BCUT2D eigenvalue weighted by atomic mass is 35.5. The molecule has 9 heteroatoms. The van der Waals surface area contributed by atoms with Gasteiger partial charge in [0.1, 0.15) is 5.02 Å². The van der Waals surface area contributed by atoms with Gasteiger partial charge >= 0.3 is 6.18 Å². The highest BCUT2D eigenvalue weighted by Crippen LogP contribution is 2.34. The first-order chi connectivity index (χ1) is 11.4. The maximum absolute atomic E-state index is 12.6. The average Bonchev–Trinajstić information content (AvgIpc) is 3.16. The number of carbonyl (C=O) groups excluding carboxylic acids is 1. The van der Waals surface area contributed by atoms with Crippen LogP contribution in [0.25, 0.3) is 11.3 Å². The predicted octanol–water partition coefficient (Wildman–Crippen LogP) is 3.53. The Morgan fingerprint density at radius 1 is 1.29 bits per heavy atom. The van der Waals surface area contributed by atoms with Crippen molar-refractivity contribution in [3.8, 4) is 11.3 Å². The topological polar surface area (TPSA) is 64.4 Å². The summed E-state index contributed by atoms with van der Waals surface area (Å²) >= 11 is 6.10. The number of rotatable bonds is 3. The fourth-order valence-electron chi connectivity index (χ4n) is 2.31. The van der Waals surface area contributed by atoms with Crippen molar-refractivity contribution in [2.45, 2.75) is 18.6 Å².